The standard InChI is InChI=1S/C30H29ClN6O4S/c1-41-18-5-7-22-20(13-18)30(29(38)34-22)14-21(30)17-4-6-19-23(12-17)32-15-24(19)33-27-25(31)28(36-26(35-27)16-2-3-16)37-8-10-42(39,40)11-9-37/h4-7,12-13,15-16,21,32H,2-3,8-11,14H2,1H3,(H,34,38)(H,33,35,36)/t21-,30-/m0/s1. The Morgan fingerprint density at radius 1 is 1.12 bits per heavy atom. The Morgan fingerprint density at radius 2 is 1.93 bits per heavy atom. The molecule has 0 bridgehead atoms. The number of hydrogen-bond donors (Lipinski definition) is 3. The van der Waals surface area contributed by atoms with Gasteiger partial charge < -0.3 is 25.3 Å². The van der Waals surface area contributed by atoms with Crippen molar-refractivity contribution in [3.05, 3.63) is 64.6 Å². The van der Waals surface area contributed by atoms with Crippen molar-refractivity contribution >= 4 is 61.3 Å². The average Bonchev–Trinajstić information content (AvgIpc) is 3.90. The molecule has 12 heteroatoms. The van der Waals surface area contributed by atoms with Gasteiger partial charge in [0, 0.05) is 47.7 Å². The molecule has 8 rings (SSSR count). The second-order valence-electron chi connectivity index (χ2n) is 11.7. The van der Waals surface area contributed by atoms with Crippen LogP contribution in [-0.2, 0) is 20.0 Å². The van der Waals surface area contributed by atoms with Crippen LogP contribution in [0, 0.1) is 0 Å². The van der Waals surface area contributed by atoms with E-state index in [4.69, 9.17) is 26.3 Å². The molecule has 3 fully saturated rings. The summed E-state index contributed by atoms with van der Waals surface area (Å²) in [7, 11) is -1.40. The fraction of sp³-hybridized carbons (Fsp3) is 0.367. The third-order valence-corrected chi connectivity index (χ3v) is 11.1. The fourth-order valence-corrected chi connectivity index (χ4v) is 7.94. The van der Waals surface area contributed by atoms with Gasteiger partial charge in [-0.2, -0.15) is 0 Å². The maximum Gasteiger partial charge on any atom is 0.235 e. The van der Waals surface area contributed by atoms with E-state index in [0.717, 1.165) is 64.2 Å². The Bertz CT molecular complexity index is 1890. The molecule has 3 N–H and O–H groups in total. The van der Waals surface area contributed by atoms with Gasteiger partial charge in [-0.1, -0.05) is 23.7 Å². The second kappa shape index (κ2) is 9.08. The molecule has 4 aromatic rings. The lowest BCUT2D eigenvalue weighted by Crippen LogP contribution is -2.41. The number of benzene rings is 2. The molecular formula is C30H29ClN6O4S. The van der Waals surface area contributed by atoms with Gasteiger partial charge in [-0.15, -0.1) is 0 Å². The Hall–Kier alpha value is -3.83. The van der Waals surface area contributed by atoms with Crippen LogP contribution < -0.4 is 20.3 Å². The Labute approximate surface area is 247 Å². The molecule has 2 aliphatic heterocycles. The van der Waals surface area contributed by atoms with Crippen LogP contribution in [0.1, 0.15) is 48.0 Å². The monoisotopic (exact) mass is 604 g/mol. The number of aromatic amines is 1. The van der Waals surface area contributed by atoms with E-state index in [-0.39, 0.29) is 23.3 Å². The molecule has 2 atom stereocenters. The van der Waals surface area contributed by atoms with E-state index in [1.54, 1.807) is 7.11 Å². The quantitative estimate of drug-likeness (QED) is 0.285. The molecule has 4 heterocycles. The predicted octanol–water partition coefficient (Wildman–Crippen LogP) is 4.85. The first-order valence-corrected chi connectivity index (χ1v) is 16.4. The summed E-state index contributed by atoms with van der Waals surface area (Å²) < 4.78 is 29.4. The molecule has 1 amide bonds. The van der Waals surface area contributed by atoms with E-state index in [1.807, 2.05) is 29.3 Å². The summed E-state index contributed by atoms with van der Waals surface area (Å²) in [6.07, 6.45) is 4.70. The molecular weight excluding hydrogens is 576 g/mol. The van der Waals surface area contributed by atoms with Gasteiger partial charge in [0.05, 0.1) is 29.7 Å². The minimum atomic E-state index is -3.04. The first kappa shape index (κ1) is 25.8. The van der Waals surface area contributed by atoms with Gasteiger partial charge in [-0.05, 0) is 54.7 Å². The number of carbonyl (C=O) groups excluding carboxylic acids is 1. The minimum absolute atomic E-state index is 0.0386. The number of fused-ring (bicyclic) bond motifs is 3. The van der Waals surface area contributed by atoms with Crippen LogP contribution in [0.3, 0.4) is 0 Å². The number of ether oxygens (including phenoxy) is 1. The number of nitrogens with zero attached hydrogens (tertiary/aromatic N) is 3. The lowest BCUT2D eigenvalue weighted by molar-refractivity contribution is -0.118. The van der Waals surface area contributed by atoms with Crippen LogP contribution in [0.5, 0.6) is 5.75 Å². The molecule has 1 saturated heterocycles. The second-order valence-corrected chi connectivity index (χ2v) is 14.4. The topological polar surface area (TPSA) is 129 Å². The largest absolute Gasteiger partial charge is 0.497 e. The number of halogens is 1. The van der Waals surface area contributed by atoms with Crippen molar-refractivity contribution in [3.8, 4) is 5.75 Å². The van der Waals surface area contributed by atoms with Crippen molar-refractivity contribution in [2.45, 2.75) is 36.5 Å². The summed E-state index contributed by atoms with van der Waals surface area (Å²) in [6, 6.07) is 12.0. The summed E-state index contributed by atoms with van der Waals surface area (Å²) in [5, 5.41) is 7.83. The number of hydrogen-bond acceptors (Lipinski definition) is 8. The van der Waals surface area contributed by atoms with E-state index >= 15 is 0 Å². The Kier molecular flexibility index (Phi) is 5.59. The zero-order valence-electron chi connectivity index (χ0n) is 22.9. The number of sulfone groups is 1. The van der Waals surface area contributed by atoms with Crippen LogP contribution >= 0.6 is 11.6 Å². The Balaban J connectivity index is 1.09. The minimum Gasteiger partial charge on any atom is -0.497 e. The van der Waals surface area contributed by atoms with Crippen molar-refractivity contribution in [2.24, 2.45) is 0 Å². The van der Waals surface area contributed by atoms with Crippen LogP contribution in [-0.4, -0.2) is 61.0 Å². The fourth-order valence-electron chi connectivity index (χ4n) is 6.48. The summed E-state index contributed by atoms with van der Waals surface area (Å²) >= 11 is 6.86. The first-order valence-electron chi connectivity index (χ1n) is 14.2. The number of H-pyrrole nitrogens is 1. The van der Waals surface area contributed by atoms with Crippen LogP contribution in [0.4, 0.5) is 23.0 Å². The predicted molar refractivity (Wildman–Crippen MR) is 162 cm³/mol. The van der Waals surface area contributed by atoms with Crippen molar-refractivity contribution in [2.75, 3.05) is 47.2 Å². The number of rotatable bonds is 6. The summed E-state index contributed by atoms with van der Waals surface area (Å²) in [6.45, 7) is 0.715. The van der Waals surface area contributed by atoms with Gasteiger partial charge >= 0.3 is 0 Å². The van der Waals surface area contributed by atoms with Crippen molar-refractivity contribution < 1.29 is 17.9 Å². The van der Waals surface area contributed by atoms with Crippen molar-refractivity contribution in [1.29, 1.82) is 0 Å². The molecule has 0 unspecified atom stereocenters. The number of carbonyl (C=O) groups is 1. The highest BCUT2D eigenvalue weighted by atomic mass is 35.5. The maximum absolute atomic E-state index is 13.1. The Morgan fingerprint density at radius 3 is 2.69 bits per heavy atom. The molecule has 216 valence electrons. The molecule has 42 heavy (non-hydrogen) atoms. The molecule has 2 aliphatic carbocycles. The van der Waals surface area contributed by atoms with Gasteiger partial charge in [0.1, 0.15) is 16.6 Å². The van der Waals surface area contributed by atoms with Crippen LogP contribution in [0.15, 0.2) is 42.6 Å². The molecule has 2 saturated carbocycles. The van der Waals surface area contributed by atoms with Crippen molar-refractivity contribution in [1.82, 2.24) is 15.0 Å². The van der Waals surface area contributed by atoms with Gasteiger partial charge in [0.15, 0.2) is 21.5 Å². The van der Waals surface area contributed by atoms with E-state index in [1.165, 1.54) is 0 Å². The summed E-state index contributed by atoms with van der Waals surface area (Å²) in [4.78, 5) is 28.0. The van der Waals surface area contributed by atoms with Crippen molar-refractivity contribution in [3.63, 3.8) is 0 Å². The lowest BCUT2D eigenvalue weighted by Gasteiger charge is -2.29. The number of aromatic nitrogens is 3. The summed E-state index contributed by atoms with van der Waals surface area (Å²) in [5.74, 6) is 3.15. The third kappa shape index (κ3) is 4.04. The molecule has 4 aliphatic rings. The van der Waals surface area contributed by atoms with E-state index < -0.39 is 15.3 Å². The summed E-state index contributed by atoms with van der Waals surface area (Å²) in [5.41, 5.74) is 4.15. The molecule has 2 aromatic heterocycles. The SMILES string of the molecule is COc1ccc2c(c1)[C@]1(C[C@H]1c1ccc3c(Nc4nc(C5CC5)nc(N5CCS(=O)(=O)CC5)c4Cl)c[nH]c3c1)C(=O)N2. The highest BCUT2D eigenvalue weighted by molar-refractivity contribution is 7.91. The smallest absolute Gasteiger partial charge is 0.235 e. The molecule has 10 nitrogen and oxygen atoms in total. The van der Waals surface area contributed by atoms with Gasteiger partial charge in [0.2, 0.25) is 5.91 Å². The van der Waals surface area contributed by atoms with E-state index in [2.05, 4.69) is 33.8 Å². The van der Waals surface area contributed by atoms with Crippen LogP contribution in [0.2, 0.25) is 5.02 Å². The normalized spacial score (nSPS) is 24.1. The highest BCUT2D eigenvalue weighted by Crippen LogP contribution is 2.65. The van der Waals surface area contributed by atoms with Crippen LogP contribution in [0.25, 0.3) is 10.9 Å². The van der Waals surface area contributed by atoms with E-state index in [0.29, 0.717) is 35.7 Å². The molecule has 1 spiro atoms. The first-order chi connectivity index (χ1) is 20.3. The lowest BCUT2D eigenvalue weighted by atomic mass is 9.91. The zero-order chi connectivity index (χ0) is 28.8. The number of amides is 1. The maximum atomic E-state index is 13.1. The van der Waals surface area contributed by atoms with Gasteiger partial charge in [0.25, 0.3) is 0 Å². The number of anilines is 4. The van der Waals surface area contributed by atoms with E-state index in [9.17, 15) is 13.2 Å². The van der Waals surface area contributed by atoms with Gasteiger partial charge in [-0.3, -0.25) is 4.79 Å². The van der Waals surface area contributed by atoms with Gasteiger partial charge in [-0.25, -0.2) is 18.4 Å². The highest BCUT2D eigenvalue weighted by Gasteiger charge is 2.65. The third-order valence-electron chi connectivity index (χ3n) is 9.12. The molecule has 2 aromatic carbocycles. The average molecular weight is 605 g/mol. The zero-order valence-corrected chi connectivity index (χ0v) is 24.5. The number of methoxy groups -OCH3 is 1. The number of nitrogens with one attached hydrogen (secondary N) is 3. The molecule has 0 radical (unpaired) electrons.